The predicted molar refractivity (Wildman–Crippen MR) is 92.9 cm³/mol. The Balaban J connectivity index is 2.24. The Bertz CT molecular complexity index is 668. The number of nitrogens with one attached hydrogen (secondary N) is 1. The first-order valence-corrected chi connectivity index (χ1v) is 8.40. The zero-order chi connectivity index (χ0) is 18.6. The molecule has 1 amide bonds. The number of carboxylic acid groups (broad SMARTS) is 1. The molecule has 25 heavy (non-hydrogen) atoms. The van der Waals surface area contributed by atoms with Crippen LogP contribution in [0.3, 0.4) is 0 Å². The zero-order valence-corrected chi connectivity index (χ0v) is 14.4. The lowest BCUT2D eigenvalue weighted by molar-refractivity contribution is -0.384. The van der Waals surface area contributed by atoms with E-state index in [1.807, 2.05) is 4.90 Å². The van der Waals surface area contributed by atoms with Crippen LogP contribution < -0.4 is 10.2 Å². The molecule has 1 aromatic carbocycles. The average molecular weight is 349 g/mol. The number of aliphatic carboxylic acids is 1. The molecule has 0 radical (unpaired) electrons. The maximum atomic E-state index is 12.2. The molecule has 1 atom stereocenters. The molecule has 1 aromatic rings. The molecule has 0 bridgehead atoms. The zero-order valence-electron chi connectivity index (χ0n) is 14.4. The van der Waals surface area contributed by atoms with Crippen molar-refractivity contribution < 1.29 is 19.6 Å². The standard InChI is InChI=1S/C17H23N3O5/c1-3-13(17(22)23)18-16(21)12-4-5-14(15(10-12)20(24)25)19-8-6-11(2)7-9-19/h4-5,10-11,13H,3,6-9H2,1-2H3,(H,18,21)(H,22,23). The molecule has 1 aliphatic heterocycles. The lowest BCUT2D eigenvalue weighted by Gasteiger charge is -2.31. The molecule has 1 heterocycles. The van der Waals surface area contributed by atoms with Crippen molar-refractivity contribution in [2.75, 3.05) is 18.0 Å². The van der Waals surface area contributed by atoms with E-state index in [0.29, 0.717) is 11.6 Å². The Morgan fingerprint density at radius 2 is 2.04 bits per heavy atom. The molecular weight excluding hydrogens is 326 g/mol. The summed E-state index contributed by atoms with van der Waals surface area (Å²) in [4.78, 5) is 36.1. The number of nitro benzene ring substituents is 1. The van der Waals surface area contributed by atoms with Gasteiger partial charge in [-0.05, 0) is 37.3 Å². The van der Waals surface area contributed by atoms with Crippen LogP contribution in [-0.4, -0.2) is 41.0 Å². The van der Waals surface area contributed by atoms with Crippen molar-refractivity contribution in [3.8, 4) is 0 Å². The van der Waals surface area contributed by atoms with E-state index < -0.39 is 22.8 Å². The average Bonchev–Trinajstić information content (AvgIpc) is 2.59. The Hall–Kier alpha value is -2.64. The molecule has 1 unspecified atom stereocenters. The van der Waals surface area contributed by atoms with Gasteiger partial charge in [0.15, 0.2) is 0 Å². The molecule has 0 aromatic heterocycles. The third-order valence-corrected chi connectivity index (χ3v) is 4.57. The number of benzene rings is 1. The quantitative estimate of drug-likeness (QED) is 0.602. The summed E-state index contributed by atoms with van der Waals surface area (Å²) in [5, 5.41) is 22.8. The highest BCUT2D eigenvalue weighted by Crippen LogP contribution is 2.32. The minimum absolute atomic E-state index is 0.0838. The minimum atomic E-state index is -1.13. The van der Waals surface area contributed by atoms with E-state index in [-0.39, 0.29) is 17.7 Å². The Morgan fingerprint density at radius 3 is 2.56 bits per heavy atom. The molecule has 2 rings (SSSR count). The summed E-state index contributed by atoms with van der Waals surface area (Å²) in [5.74, 6) is -1.16. The molecule has 1 saturated heterocycles. The van der Waals surface area contributed by atoms with Gasteiger partial charge in [0.2, 0.25) is 0 Å². The number of nitro groups is 1. The number of rotatable bonds is 6. The summed E-state index contributed by atoms with van der Waals surface area (Å²) < 4.78 is 0. The van der Waals surface area contributed by atoms with Crippen LogP contribution in [0.2, 0.25) is 0 Å². The summed E-state index contributed by atoms with van der Waals surface area (Å²) in [6, 6.07) is 3.28. The fraction of sp³-hybridized carbons (Fsp3) is 0.529. The first kappa shape index (κ1) is 18.7. The second-order valence-corrected chi connectivity index (χ2v) is 6.40. The molecular formula is C17H23N3O5. The van der Waals surface area contributed by atoms with Crippen LogP contribution in [0.25, 0.3) is 0 Å². The van der Waals surface area contributed by atoms with E-state index in [1.54, 1.807) is 13.0 Å². The minimum Gasteiger partial charge on any atom is -0.480 e. The number of hydrogen-bond donors (Lipinski definition) is 2. The van der Waals surface area contributed by atoms with Gasteiger partial charge in [0, 0.05) is 24.7 Å². The van der Waals surface area contributed by atoms with Gasteiger partial charge in [-0.2, -0.15) is 0 Å². The van der Waals surface area contributed by atoms with Crippen LogP contribution in [0.5, 0.6) is 0 Å². The smallest absolute Gasteiger partial charge is 0.326 e. The van der Waals surface area contributed by atoms with Gasteiger partial charge in [0.25, 0.3) is 11.6 Å². The Kier molecular flexibility index (Phi) is 5.95. The van der Waals surface area contributed by atoms with Crippen LogP contribution in [0.15, 0.2) is 18.2 Å². The Morgan fingerprint density at radius 1 is 1.40 bits per heavy atom. The topological polar surface area (TPSA) is 113 Å². The molecule has 2 N–H and O–H groups in total. The summed E-state index contributed by atoms with van der Waals surface area (Å²) >= 11 is 0. The third kappa shape index (κ3) is 4.46. The van der Waals surface area contributed by atoms with Gasteiger partial charge in [0.1, 0.15) is 11.7 Å². The largest absolute Gasteiger partial charge is 0.480 e. The molecule has 0 saturated carbocycles. The van der Waals surface area contributed by atoms with Crippen molar-refractivity contribution in [1.29, 1.82) is 0 Å². The maximum absolute atomic E-state index is 12.2. The number of piperidine rings is 1. The van der Waals surface area contributed by atoms with Crippen LogP contribution in [0, 0.1) is 16.0 Å². The monoisotopic (exact) mass is 349 g/mol. The SMILES string of the molecule is CCC(NC(=O)c1ccc(N2CCC(C)CC2)c([N+](=O)[O-])c1)C(=O)O. The van der Waals surface area contributed by atoms with Crippen molar-refractivity contribution in [3.05, 3.63) is 33.9 Å². The van der Waals surface area contributed by atoms with Crippen molar-refractivity contribution in [2.45, 2.75) is 39.2 Å². The number of carboxylic acids is 1. The summed E-state index contributed by atoms with van der Waals surface area (Å²) in [6.07, 6.45) is 2.17. The number of nitrogens with zero attached hydrogens (tertiary/aromatic N) is 2. The molecule has 8 nitrogen and oxygen atoms in total. The molecule has 136 valence electrons. The first-order chi connectivity index (χ1) is 11.8. The number of amides is 1. The molecule has 1 aliphatic rings. The fourth-order valence-electron chi connectivity index (χ4n) is 2.91. The van der Waals surface area contributed by atoms with E-state index >= 15 is 0 Å². The number of hydrogen-bond acceptors (Lipinski definition) is 5. The molecule has 1 fully saturated rings. The second-order valence-electron chi connectivity index (χ2n) is 6.40. The van der Waals surface area contributed by atoms with Crippen molar-refractivity contribution >= 4 is 23.3 Å². The van der Waals surface area contributed by atoms with E-state index in [1.165, 1.54) is 12.1 Å². The maximum Gasteiger partial charge on any atom is 0.326 e. The highest BCUT2D eigenvalue weighted by atomic mass is 16.6. The lowest BCUT2D eigenvalue weighted by atomic mass is 9.98. The van der Waals surface area contributed by atoms with Crippen molar-refractivity contribution in [1.82, 2.24) is 5.32 Å². The summed E-state index contributed by atoms with van der Waals surface area (Å²) in [7, 11) is 0. The van der Waals surface area contributed by atoms with Crippen molar-refractivity contribution in [3.63, 3.8) is 0 Å². The van der Waals surface area contributed by atoms with E-state index in [4.69, 9.17) is 5.11 Å². The predicted octanol–water partition coefficient (Wildman–Crippen LogP) is 2.42. The lowest BCUT2D eigenvalue weighted by Crippen LogP contribution is -2.40. The van der Waals surface area contributed by atoms with Gasteiger partial charge in [-0.15, -0.1) is 0 Å². The van der Waals surface area contributed by atoms with Gasteiger partial charge in [-0.25, -0.2) is 4.79 Å². The van der Waals surface area contributed by atoms with Crippen molar-refractivity contribution in [2.24, 2.45) is 5.92 Å². The van der Waals surface area contributed by atoms with Gasteiger partial charge in [-0.3, -0.25) is 14.9 Å². The Labute approximate surface area is 146 Å². The summed E-state index contributed by atoms with van der Waals surface area (Å²) in [6.45, 7) is 5.28. The van der Waals surface area contributed by atoms with E-state index in [9.17, 15) is 19.7 Å². The third-order valence-electron chi connectivity index (χ3n) is 4.57. The normalized spacial score (nSPS) is 16.3. The molecule has 0 spiro atoms. The van der Waals surface area contributed by atoms with Crippen LogP contribution in [0.1, 0.15) is 43.5 Å². The van der Waals surface area contributed by atoms with Gasteiger partial charge < -0.3 is 15.3 Å². The van der Waals surface area contributed by atoms with Gasteiger partial charge in [0.05, 0.1) is 4.92 Å². The van der Waals surface area contributed by atoms with E-state index in [2.05, 4.69) is 12.2 Å². The highest BCUT2D eigenvalue weighted by molar-refractivity contribution is 5.97. The second kappa shape index (κ2) is 7.96. The number of carbonyl (C=O) groups excluding carboxylic acids is 1. The van der Waals surface area contributed by atoms with Gasteiger partial charge in [-0.1, -0.05) is 13.8 Å². The van der Waals surface area contributed by atoms with Crippen LogP contribution in [0.4, 0.5) is 11.4 Å². The number of anilines is 1. The van der Waals surface area contributed by atoms with E-state index in [0.717, 1.165) is 25.9 Å². The summed E-state index contributed by atoms with van der Waals surface area (Å²) in [5.41, 5.74) is 0.449. The first-order valence-electron chi connectivity index (χ1n) is 8.40. The van der Waals surface area contributed by atoms with Crippen LogP contribution in [-0.2, 0) is 4.79 Å². The van der Waals surface area contributed by atoms with Gasteiger partial charge >= 0.3 is 5.97 Å². The van der Waals surface area contributed by atoms with Crippen LogP contribution >= 0.6 is 0 Å². The fourth-order valence-corrected chi connectivity index (χ4v) is 2.91. The molecule has 0 aliphatic carbocycles. The highest BCUT2D eigenvalue weighted by Gasteiger charge is 2.26. The number of carbonyl (C=O) groups is 2. The molecule has 8 heteroatoms.